The lowest BCUT2D eigenvalue weighted by Gasteiger charge is -2.23. The molecular formula is C18H14ClF3N2O3S. The molecule has 28 heavy (non-hydrogen) atoms. The van der Waals surface area contributed by atoms with Gasteiger partial charge >= 0.3 is 12.2 Å². The van der Waals surface area contributed by atoms with E-state index in [1.807, 2.05) is 0 Å². The predicted molar refractivity (Wildman–Crippen MR) is 99.5 cm³/mol. The molecule has 2 aliphatic heterocycles. The van der Waals surface area contributed by atoms with E-state index in [1.54, 1.807) is 18.2 Å². The Hall–Kier alpha value is -2.26. The van der Waals surface area contributed by atoms with Gasteiger partial charge in [-0.15, -0.1) is 0 Å². The summed E-state index contributed by atoms with van der Waals surface area (Å²) < 4.78 is 63.8. The van der Waals surface area contributed by atoms with E-state index in [0.717, 1.165) is 17.0 Å². The standard InChI is InChI=1S/C18H14ClF3N2O3S/c19-12-4-2-6-14(8-12)24-16-10-28(26,27)9-15(16)23(17(24)25)13-5-1-3-11(7-13)18(20,21)22/h1-8,15-16H,9-10H2/t15-,16-/m1/s1. The molecule has 0 aromatic heterocycles. The number of urea groups is 1. The van der Waals surface area contributed by atoms with Crippen molar-refractivity contribution in [2.75, 3.05) is 21.3 Å². The Kier molecular flexibility index (Phi) is 4.35. The molecular weight excluding hydrogens is 417 g/mol. The highest BCUT2D eigenvalue weighted by atomic mass is 35.5. The number of carbonyl (C=O) groups is 1. The van der Waals surface area contributed by atoms with Crippen LogP contribution in [0.5, 0.6) is 0 Å². The average Bonchev–Trinajstić information content (AvgIpc) is 3.02. The van der Waals surface area contributed by atoms with Crippen molar-refractivity contribution in [3.8, 4) is 0 Å². The van der Waals surface area contributed by atoms with Crippen molar-refractivity contribution in [1.82, 2.24) is 0 Å². The summed E-state index contributed by atoms with van der Waals surface area (Å²) in [5, 5.41) is 0.361. The van der Waals surface area contributed by atoms with Gasteiger partial charge < -0.3 is 0 Å². The molecule has 2 aromatic rings. The first-order valence-electron chi connectivity index (χ1n) is 8.32. The fraction of sp³-hybridized carbons (Fsp3) is 0.278. The van der Waals surface area contributed by atoms with Gasteiger partial charge in [0, 0.05) is 16.4 Å². The van der Waals surface area contributed by atoms with Crippen molar-refractivity contribution in [2.45, 2.75) is 18.3 Å². The van der Waals surface area contributed by atoms with E-state index in [9.17, 15) is 26.4 Å². The van der Waals surface area contributed by atoms with E-state index < -0.39 is 39.7 Å². The third kappa shape index (κ3) is 3.22. The van der Waals surface area contributed by atoms with E-state index in [1.165, 1.54) is 23.1 Å². The largest absolute Gasteiger partial charge is 0.416 e. The van der Waals surface area contributed by atoms with E-state index in [2.05, 4.69) is 0 Å². The number of alkyl halides is 3. The third-order valence-electron chi connectivity index (χ3n) is 4.91. The number of fused-ring (bicyclic) bond motifs is 1. The summed E-state index contributed by atoms with van der Waals surface area (Å²) in [6.07, 6.45) is -4.58. The second-order valence-electron chi connectivity index (χ2n) is 6.76. The van der Waals surface area contributed by atoms with Gasteiger partial charge in [-0.25, -0.2) is 13.2 Å². The summed E-state index contributed by atoms with van der Waals surface area (Å²) in [6, 6.07) is 8.65. The van der Waals surface area contributed by atoms with Crippen molar-refractivity contribution in [3.63, 3.8) is 0 Å². The molecule has 0 bridgehead atoms. The van der Waals surface area contributed by atoms with Gasteiger partial charge in [-0.3, -0.25) is 9.80 Å². The number of nitrogens with zero attached hydrogens (tertiary/aromatic N) is 2. The van der Waals surface area contributed by atoms with Crippen molar-refractivity contribution >= 4 is 38.8 Å². The molecule has 2 atom stereocenters. The maximum Gasteiger partial charge on any atom is 0.416 e. The molecule has 0 unspecified atom stereocenters. The van der Waals surface area contributed by atoms with Gasteiger partial charge in [0.25, 0.3) is 0 Å². The SMILES string of the molecule is O=C1N(c2cccc(Cl)c2)[C@@H]2CS(=O)(=O)C[C@H]2N1c1cccc(C(F)(F)F)c1. The third-order valence-corrected chi connectivity index (χ3v) is 6.84. The molecule has 148 valence electrons. The lowest BCUT2D eigenvalue weighted by atomic mass is 10.1. The summed E-state index contributed by atoms with van der Waals surface area (Å²) >= 11 is 6.00. The molecule has 5 nitrogen and oxygen atoms in total. The smallest absolute Gasteiger partial charge is 0.288 e. The average molecular weight is 431 g/mol. The lowest BCUT2D eigenvalue weighted by Crippen LogP contribution is -2.38. The minimum absolute atomic E-state index is 0.0106. The normalized spacial score (nSPS) is 23.9. The highest BCUT2D eigenvalue weighted by Crippen LogP contribution is 2.40. The predicted octanol–water partition coefficient (Wildman–Crippen LogP) is 3.97. The summed E-state index contributed by atoms with van der Waals surface area (Å²) in [5.41, 5.74) is -0.494. The van der Waals surface area contributed by atoms with E-state index >= 15 is 0 Å². The molecule has 0 aliphatic carbocycles. The number of carbonyl (C=O) groups excluding carboxylic acids is 1. The van der Waals surface area contributed by atoms with Crippen LogP contribution in [-0.4, -0.2) is 38.0 Å². The molecule has 4 rings (SSSR count). The van der Waals surface area contributed by atoms with Gasteiger partial charge in [0.05, 0.1) is 29.2 Å². The Morgan fingerprint density at radius 2 is 1.46 bits per heavy atom. The van der Waals surface area contributed by atoms with Crippen molar-refractivity contribution < 1.29 is 26.4 Å². The molecule has 2 fully saturated rings. The van der Waals surface area contributed by atoms with Crippen molar-refractivity contribution in [3.05, 3.63) is 59.1 Å². The van der Waals surface area contributed by atoms with Crippen LogP contribution in [-0.2, 0) is 16.0 Å². The first-order valence-corrected chi connectivity index (χ1v) is 10.5. The highest BCUT2D eigenvalue weighted by molar-refractivity contribution is 7.91. The van der Waals surface area contributed by atoms with Crippen LogP contribution in [0.25, 0.3) is 0 Å². The first kappa shape index (κ1) is 19.1. The summed E-state index contributed by atoms with van der Waals surface area (Å²) in [7, 11) is -3.45. The van der Waals surface area contributed by atoms with Crippen LogP contribution in [0, 0.1) is 0 Å². The molecule has 2 aliphatic rings. The van der Waals surface area contributed by atoms with Gasteiger partial charge in [-0.2, -0.15) is 13.2 Å². The van der Waals surface area contributed by atoms with Gasteiger partial charge in [0.1, 0.15) is 0 Å². The number of amides is 2. The quantitative estimate of drug-likeness (QED) is 0.677. The Bertz CT molecular complexity index is 1060. The lowest BCUT2D eigenvalue weighted by molar-refractivity contribution is -0.137. The number of halogens is 4. The van der Waals surface area contributed by atoms with Gasteiger partial charge in [-0.1, -0.05) is 23.7 Å². The molecule has 10 heteroatoms. The number of benzene rings is 2. The number of rotatable bonds is 2. The Morgan fingerprint density at radius 1 is 0.929 bits per heavy atom. The highest BCUT2D eigenvalue weighted by Gasteiger charge is 2.54. The van der Waals surface area contributed by atoms with Gasteiger partial charge in [0.2, 0.25) is 0 Å². The number of anilines is 2. The summed E-state index contributed by atoms with van der Waals surface area (Å²) in [6.45, 7) is 0. The maximum absolute atomic E-state index is 13.1. The fourth-order valence-corrected chi connectivity index (χ4v) is 5.87. The minimum atomic E-state index is -4.58. The van der Waals surface area contributed by atoms with Gasteiger partial charge in [0.15, 0.2) is 9.84 Å². The Balaban J connectivity index is 1.81. The molecule has 0 spiro atoms. The topological polar surface area (TPSA) is 57.7 Å². The van der Waals surface area contributed by atoms with E-state index in [-0.39, 0.29) is 17.2 Å². The molecule has 2 heterocycles. The van der Waals surface area contributed by atoms with Crippen LogP contribution in [0.2, 0.25) is 5.02 Å². The van der Waals surface area contributed by atoms with Crippen LogP contribution in [0.4, 0.5) is 29.3 Å². The number of sulfone groups is 1. The van der Waals surface area contributed by atoms with Crippen LogP contribution in [0.15, 0.2) is 48.5 Å². The van der Waals surface area contributed by atoms with E-state index in [4.69, 9.17) is 11.6 Å². The molecule has 0 radical (unpaired) electrons. The Labute approximate surface area is 164 Å². The van der Waals surface area contributed by atoms with E-state index in [0.29, 0.717) is 10.7 Å². The summed E-state index contributed by atoms with van der Waals surface area (Å²) in [4.78, 5) is 15.6. The van der Waals surface area contributed by atoms with Crippen LogP contribution in [0.3, 0.4) is 0 Å². The fourth-order valence-electron chi connectivity index (χ4n) is 3.77. The van der Waals surface area contributed by atoms with Crippen LogP contribution in [0.1, 0.15) is 5.56 Å². The van der Waals surface area contributed by atoms with Crippen LogP contribution >= 0.6 is 11.6 Å². The zero-order valence-corrected chi connectivity index (χ0v) is 15.8. The first-order chi connectivity index (χ1) is 13.1. The minimum Gasteiger partial charge on any atom is -0.288 e. The molecule has 2 saturated heterocycles. The second-order valence-corrected chi connectivity index (χ2v) is 9.35. The van der Waals surface area contributed by atoms with Crippen molar-refractivity contribution in [2.24, 2.45) is 0 Å². The number of hydrogen-bond donors (Lipinski definition) is 0. The molecule has 0 N–H and O–H groups in total. The van der Waals surface area contributed by atoms with Crippen LogP contribution < -0.4 is 9.80 Å². The zero-order chi connectivity index (χ0) is 20.3. The molecule has 0 saturated carbocycles. The molecule has 2 aromatic carbocycles. The van der Waals surface area contributed by atoms with Crippen molar-refractivity contribution in [1.29, 1.82) is 0 Å². The van der Waals surface area contributed by atoms with Gasteiger partial charge in [-0.05, 0) is 36.4 Å². The summed E-state index contributed by atoms with van der Waals surface area (Å²) in [5.74, 6) is -0.567. The second kappa shape index (κ2) is 6.38. The number of hydrogen-bond acceptors (Lipinski definition) is 3. The zero-order valence-electron chi connectivity index (χ0n) is 14.2. The maximum atomic E-state index is 13.1. The monoisotopic (exact) mass is 430 g/mol. The molecule has 2 amide bonds. The Morgan fingerprint density at radius 3 is 2.00 bits per heavy atom.